The zero-order chi connectivity index (χ0) is 10.7. The number of aliphatic hydroxyl groups excluding tert-OH is 1. The first-order valence-corrected chi connectivity index (χ1v) is 3.86. The first-order valence-electron chi connectivity index (χ1n) is 3.86. The van der Waals surface area contributed by atoms with Gasteiger partial charge in [-0.15, -0.1) is 0 Å². The first-order chi connectivity index (χ1) is 6.52. The van der Waals surface area contributed by atoms with Crippen LogP contribution in [-0.2, 0) is 4.79 Å². The van der Waals surface area contributed by atoms with E-state index in [1.165, 1.54) is 6.07 Å². The second-order valence-corrected chi connectivity index (χ2v) is 2.76. The molecule has 0 aromatic heterocycles. The molecule has 1 rings (SSSR count). The average molecular weight is 202 g/mol. The molecule has 0 aliphatic rings. The number of rotatable bonds is 3. The Balaban J connectivity index is 2.95. The van der Waals surface area contributed by atoms with E-state index in [0.717, 1.165) is 12.1 Å². The maximum Gasteiger partial charge on any atom is 0.306 e. The molecule has 3 nitrogen and oxygen atoms in total. The third-order valence-corrected chi connectivity index (χ3v) is 1.71. The van der Waals surface area contributed by atoms with Crippen molar-refractivity contribution >= 4 is 5.97 Å². The van der Waals surface area contributed by atoms with Gasteiger partial charge in [-0.2, -0.15) is 0 Å². The van der Waals surface area contributed by atoms with Crippen molar-refractivity contribution in [3.63, 3.8) is 0 Å². The first kappa shape index (κ1) is 10.6. The molecule has 0 unspecified atom stereocenters. The second kappa shape index (κ2) is 4.15. The minimum absolute atomic E-state index is 0.340. The van der Waals surface area contributed by atoms with Crippen molar-refractivity contribution < 1.29 is 23.8 Å². The summed E-state index contributed by atoms with van der Waals surface area (Å²) in [5.41, 5.74) is -0.340. The van der Waals surface area contributed by atoms with Crippen molar-refractivity contribution in [3.05, 3.63) is 35.4 Å². The molecule has 1 atom stereocenters. The predicted octanol–water partition coefficient (Wildman–Crippen LogP) is 1.47. The Morgan fingerprint density at radius 3 is 2.64 bits per heavy atom. The number of hydrogen-bond acceptors (Lipinski definition) is 2. The van der Waals surface area contributed by atoms with Crippen LogP contribution in [0.3, 0.4) is 0 Å². The van der Waals surface area contributed by atoms with Gasteiger partial charge in [0, 0.05) is 5.56 Å². The molecule has 0 saturated carbocycles. The van der Waals surface area contributed by atoms with E-state index in [9.17, 15) is 18.7 Å². The van der Waals surface area contributed by atoms with E-state index in [-0.39, 0.29) is 5.56 Å². The summed E-state index contributed by atoms with van der Waals surface area (Å²) in [6, 6.07) is 3.25. The van der Waals surface area contributed by atoms with Gasteiger partial charge in [-0.3, -0.25) is 4.79 Å². The molecular weight excluding hydrogens is 194 g/mol. The van der Waals surface area contributed by atoms with Crippen molar-refractivity contribution in [1.82, 2.24) is 0 Å². The van der Waals surface area contributed by atoms with E-state index in [4.69, 9.17) is 5.11 Å². The van der Waals surface area contributed by atoms with Crippen LogP contribution in [0.2, 0.25) is 0 Å². The zero-order valence-electron chi connectivity index (χ0n) is 7.08. The molecule has 0 fully saturated rings. The van der Waals surface area contributed by atoms with Crippen LogP contribution in [0.4, 0.5) is 8.78 Å². The summed E-state index contributed by atoms with van der Waals surface area (Å²) < 4.78 is 25.6. The fourth-order valence-corrected chi connectivity index (χ4v) is 1.05. The smallest absolute Gasteiger partial charge is 0.306 e. The van der Waals surface area contributed by atoms with Crippen LogP contribution in [-0.4, -0.2) is 16.2 Å². The Kier molecular flexibility index (Phi) is 3.14. The van der Waals surface area contributed by atoms with E-state index in [0.29, 0.717) is 0 Å². The van der Waals surface area contributed by atoms with Crippen LogP contribution in [0.5, 0.6) is 0 Å². The van der Waals surface area contributed by atoms with Gasteiger partial charge in [0.25, 0.3) is 0 Å². The van der Waals surface area contributed by atoms with Gasteiger partial charge in [-0.25, -0.2) is 8.78 Å². The monoisotopic (exact) mass is 202 g/mol. The van der Waals surface area contributed by atoms with Crippen molar-refractivity contribution in [1.29, 1.82) is 0 Å². The molecule has 0 saturated heterocycles. The normalized spacial score (nSPS) is 12.5. The molecule has 1 aromatic rings. The summed E-state index contributed by atoms with van der Waals surface area (Å²) in [5.74, 6) is -3.59. The maximum atomic E-state index is 13.0. The molecule has 0 heterocycles. The van der Waals surface area contributed by atoms with Crippen LogP contribution >= 0.6 is 0 Å². The highest BCUT2D eigenvalue weighted by molar-refractivity contribution is 5.67. The van der Waals surface area contributed by atoms with Crippen LogP contribution in [0.15, 0.2) is 18.2 Å². The summed E-state index contributed by atoms with van der Waals surface area (Å²) in [7, 11) is 0. The Morgan fingerprint density at radius 1 is 1.43 bits per heavy atom. The summed E-state index contributed by atoms with van der Waals surface area (Å²) in [6.45, 7) is 0. The topological polar surface area (TPSA) is 57.5 Å². The van der Waals surface area contributed by atoms with Crippen LogP contribution in [0.25, 0.3) is 0 Å². The lowest BCUT2D eigenvalue weighted by atomic mass is 10.1. The highest BCUT2D eigenvalue weighted by atomic mass is 19.2. The maximum absolute atomic E-state index is 13.0. The molecule has 0 spiro atoms. The standard InChI is InChI=1S/C9H8F2O3/c10-6-3-1-2-5(9(6)11)7(12)4-8(13)14/h1-3,7,12H,4H2,(H,13,14)/t7-/m0/s1. The van der Waals surface area contributed by atoms with E-state index < -0.39 is 30.1 Å². The lowest BCUT2D eigenvalue weighted by molar-refractivity contribution is -0.139. The van der Waals surface area contributed by atoms with Gasteiger partial charge in [0.05, 0.1) is 12.5 Å². The summed E-state index contributed by atoms with van der Waals surface area (Å²) in [4.78, 5) is 10.2. The van der Waals surface area contributed by atoms with E-state index in [1.54, 1.807) is 0 Å². The number of halogens is 2. The third-order valence-electron chi connectivity index (χ3n) is 1.71. The molecule has 0 bridgehead atoms. The van der Waals surface area contributed by atoms with Crippen LogP contribution in [0.1, 0.15) is 18.1 Å². The fourth-order valence-electron chi connectivity index (χ4n) is 1.05. The largest absolute Gasteiger partial charge is 0.481 e. The number of aliphatic carboxylic acids is 1. The van der Waals surface area contributed by atoms with Gasteiger partial charge in [-0.05, 0) is 6.07 Å². The number of aliphatic hydroxyl groups is 1. The average Bonchev–Trinajstić information content (AvgIpc) is 2.08. The fraction of sp³-hybridized carbons (Fsp3) is 0.222. The van der Waals surface area contributed by atoms with Crippen LogP contribution in [0, 0.1) is 11.6 Å². The summed E-state index contributed by atoms with van der Waals surface area (Å²) in [6.07, 6.45) is -2.18. The molecule has 0 amide bonds. The Labute approximate surface area is 78.6 Å². The highest BCUT2D eigenvalue weighted by Crippen LogP contribution is 2.21. The van der Waals surface area contributed by atoms with Crippen molar-refractivity contribution in [3.8, 4) is 0 Å². The van der Waals surface area contributed by atoms with E-state index >= 15 is 0 Å². The van der Waals surface area contributed by atoms with Crippen molar-refractivity contribution in [2.24, 2.45) is 0 Å². The SMILES string of the molecule is O=C(O)C[C@H](O)c1cccc(F)c1F. The molecule has 2 N–H and O–H groups in total. The van der Waals surface area contributed by atoms with Gasteiger partial charge >= 0.3 is 5.97 Å². The second-order valence-electron chi connectivity index (χ2n) is 2.76. The third kappa shape index (κ3) is 2.26. The number of carboxylic acid groups (broad SMARTS) is 1. The van der Waals surface area contributed by atoms with Crippen molar-refractivity contribution in [2.45, 2.75) is 12.5 Å². The number of carbonyl (C=O) groups is 1. The molecule has 14 heavy (non-hydrogen) atoms. The molecule has 1 aromatic carbocycles. The van der Waals surface area contributed by atoms with Gasteiger partial charge in [0.2, 0.25) is 0 Å². The van der Waals surface area contributed by atoms with Gasteiger partial charge in [0.15, 0.2) is 11.6 Å². The van der Waals surface area contributed by atoms with Crippen LogP contribution < -0.4 is 0 Å². The molecule has 76 valence electrons. The Bertz CT molecular complexity index is 352. The lowest BCUT2D eigenvalue weighted by Gasteiger charge is -2.09. The lowest BCUT2D eigenvalue weighted by Crippen LogP contribution is -2.08. The number of benzene rings is 1. The van der Waals surface area contributed by atoms with Gasteiger partial charge in [-0.1, -0.05) is 12.1 Å². The zero-order valence-corrected chi connectivity index (χ0v) is 7.08. The molecule has 0 aliphatic heterocycles. The molecule has 5 heteroatoms. The molecule has 0 radical (unpaired) electrons. The quantitative estimate of drug-likeness (QED) is 0.780. The summed E-state index contributed by atoms with van der Waals surface area (Å²) in [5, 5.41) is 17.5. The molecular formula is C9H8F2O3. The minimum atomic E-state index is -1.52. The van der Waals surface area contributed by atoms with Crippen molar-refractivity contribution in [2.75, 3.05) is 0 Å². The number of hydrogen-bond donors (Lipinski definition) is 2. The van der Waals surface area contributed by atoms with Gasteiger partial charge in [0.1, 0.15) is 0 Å². The van der Waals surface area contributed by atoms with E-state index in [2.05, 4.69) is 0 Å². The van der Waals surface area contributed by atoms with E-state index in [1.807, 2.05) is 0 Å². The predicted molar refractivity (Wildman–Crippen MR) is 43.6 cm³/mol. The highest BCUT2D eigenvalue weighted by Gasteiger charge is 2.18. The van der Waals surface area contributed by atoms with Gasteiger partial charge < -0.3 is 10.2 Å². The Morgan fingerprint density at radius 2 is 2.07 bits per heavy atom. The summed E-state index contributed by atoms with van der Waals surface area (Å²) >= 11 is 0. The minimum Gasteiger partial charge on any atom is -0.481 e. The Hall–Kier alpha value is -1.49. The molecule has 0 aliphatic carbocycles. The number of carboxylic acids is 1.